The van der Waals surface area contributed by atoms with Crippen molar-refractivity contribution in [2.45, 2.75) is 64.6 Å². The molecule has 0 radical (unpaired) electrons. The highest BCUT2D eigenvalue weighted by Gasteiger charge is 2.24. The summed E-state index contributed by atoms with van der Waals surface area (Å²) in [5, 5.41) is 0. The SMILES string of the molecule is CCOC(=O)C(CC)OC1CCCCC1. The lowest BCUT2D eigenvalue weighted by atomic mass is 9.97. The summed E-state index contributed by atoms with van der Waals surface area (Å²) in [6.07, 6.45) is 6.56. The number of hydrogen-bond donors (Lipinski definition) is 0. The van der Waals surface area contributed by atoms with Gasteiger partial charge in [0.1, 0.15) is 0 Å². The average molecular weight is 214 g/mol. The second kappa shape index (κ2) is 6.83. The summed E-state index contributed by atoms with van der Waals surface area (Å²) in [7, 11) is 0. The Morgan fingerprint density at radius 3 is 2.47 bits per heavy atom. The molecule has 0 N–H and O–H groups in total. The van der Waals surface area contributed by atoms with E-state index in [0.29, 0.717) is 13.0 Å². The summed E-state index contributed by atoms with van der Waals surface area (Å²) in [5.74, 6) is -0.203. The van der Waals surface area contributed by atoms with Crippen LogP contribution in [0.15, 0.2) is 0 Å². The fourth-order valence-corrected chi connectivity index (χ4v) is 1.99. The molecule has 0 aromatic carbocycles. The lowest BCUT2D eigenvalue weighted by molar-refractivity contribution is -0.162. The molecule has 1 saturated carbocycles. The molecule has 0 aliphatic heterocycles. The molecule has 1 fully saturated rings. The summed E-state index contributed by atoms with van der Waals surface area (Å²) in [6.45, 7) is 4.22. The Kier molecular flexibility index (Phi) is 5.69. The maximum Gasteiger partial charge on any atom is 0.335 e. The first-order valence-electron chi connectivity index (χ1n) is 6.10. The average Bonchev–Trinajstić information content (AvgIpc) is 2.27. The first kappa shape index (κ1) is 12.5. The van der Waals surface area contributed by atoms with Crippen LogP contribution in [-0.4, -0.2) is 24.8 Å². The molecule has 0 bridgehead atoms. The normalized spacial score (nSPS) is 19.9. The van der Waals surface area contributed by atoms with Gasteiger partial charge in [-0.1, -0.05) is 26.2 Å². The third-order valence-corrected chi connectivity index (χ3v) is 2.83. The van der Waals surface area contributed by atoms with Crippen LogP contribution in [0.4, 0.5) is 0 Å². The first-order chi connectivity index (χ1) is 7.27. The molecule has 0 aromatic heterocycles. The van der Waals surface area contributed by atoms with Crippen molar-refractivity contribution < 1.29 is 14.3 Å². The Balaban J connectivity index is 2.34. The molecule has 0 heterocycles. The summed E-state index contributed by atoms with van der Waals surface area (Å²) >= 11 is 0. The highest BCUT2D eigenvalue weighted by atomic mass is 16.6. The molecule has 1 atom stereocenters. The van der Waals surface area contributed by atoms with Crippen molar-refractivity contribution in [3.05, 3.63) is 0 Å². The Hall–Kier alpha value is -0.570. The highest BCUT2D eigenvalue weighted by Crippen LogP contribution is 2.22. The topological polar surface area (TPSA) is 35.5 Å². The van der Waals surface area contributed by atoms with Gasteiger partial charge in [0.05, 0.1) is 12.7 Å². The second-order valence-corrected chi connectivity index (χ2v) is 4.05. The summed E-state index contributed by atoms with van der Waals surface area (Å²) in [4.78, 5) is 11.5. The Labute approximate surface area is 92.1 Å². The van der Waals surface area contributed by atoms with Crippen molar-refractivity contribution in [3.8, 4) is 0 Å². The number of carbonyl (C=O) groups excluding carboxylic acids is 1. The van der Waals surface area contributed by atoms with E-state index in [9.17, 15) is 4.79 Å². The predicted molar refractivity (Wildman–Crippen MR) is 58.7 cm³/mol. The van der Waals surface area contributed by atoms with E-state index in [1.807, 2.05) is 13.8 Å². The maximum absolute atomic E-state index is 11.5. The monoisotopic (exact) mass is 214 g/mol. The Bertz CT molecular complexity index is 185. The van der Waals surface area contributed by atoms with E-state index in [2.05, 4.69) is 0 Å². The summed E-state index contributed by atoms with van der Waals surface area (Å²) < 4.78 is 10.8. The number of esters is 1. The molecule has 0 saturated heterocycles. The minimum atomic E-state index is -0.354. The van der Waals surface area contributed by atoms with Crippen LogP contribution >= 0.6 is 0 Å². The van der Waals surface area contributed by atoms with E-state index in [0.717, 1.165) is 12.8 Å². The summed E-state index contributed by atoms with van der Waals surface area (Å²) in [5.41, 5.74) is 0. The molecule has 3 nitrogen and oxygen atoms in total. The molecule has 0 amide bonds. The molecular formula is C12H22O3. The van der Waals surface area contributed by atoms with E-state index < -0.39 is 0 Å². The zero-order chi connectivity index (χ0) is 11.1. The molecule has 88 valence electrons. The lowest BCUT2D eigenvalue weighted by Crippen LogP contribution is -2.31. The van der Waals surface area contributed by atoms with Crippen LogP contribution in [0.3, 0.4) is 0 Å². The highest BCUT2D eigenvalue weighted by molar-refractivity contribution is 5.74. The van der Waals surface area contributed by atoms with Crippen LogP contribution in [0.2, 0.25) is 0 Å². The van der Waals surface area contributed by atoms with Gasteiger partial charge < -0.3 is 9.47 Å². The molecule has 3 heteroatoms. The first-order valence-corrected chi connectivity index (χ1v) is 6.10. The molecular weight excluding hydrogens is 192 g/mol. The third kappa shape index (κ3) is 4.20. The van der Waals surface area contributed by atoms with Gasteiger partial charge in [-0.3, -0.25) is 0 Å². The van der Waals surface area contributed by atoms with Crippen molar-refractivity contribution in [2.24, 2.45) is 0 Å². The van der Waals surface area contributed by atoms with Gasteiger partial charge >= 0.3 is 5.97 Å². The number of ether oxygens (including phenoxy) is 2. The zero-order valence-electron chi connectivity index (χ0n) is 9.83. The van der Waals surface area contributed by atoms with Crippen LogP contribution in [0.5, 0.6) is 0 Å². The largest absolute Gasteiger partial charge is 0.464 e. The number of carbonyl (C=O) groups is 1. The van der Waals surface area contributed by atoms with Crippen LogP contribution < -0.4 is 0 Å². The molecule has 1 aliphatic carbocycles. The molecule has 1 aliphatic rings. The number of rotatable bonds is 5. The van der Waals surface area contributed by atoms with E-state index >= 15 is 0 Å². The molecule has 0 spiro atoms. The van der Waals surface area contributed by atoms with Gasteiger partial charge in [-0.2, -0.15) is 0 Å². The van der Waals surface area contributed by atoms with Crippen molar-refractivity contribution in [2.75, 3.05) is 6.61 Å². The minimum absolute atomic E-state index is 0.203. The minimum Gasteiger partial charge on any atom is -0.464 e. The maximum atomic E-state index is 11.5. The predicted octanol–water partition coefficient (Wildman–Crippen LogP) is 2.68. The van der Waals surface area contributed by atoms with Crippen molar-refractivity contribution >= 4 is 5.97 Å². The van der Waals surface area contributed by atoms with Crippen LogP contribution in [0, 0.1) is 0 Å². The van der Waals surface area contributed by atoms with Crippen LogP contribution in [0.25, 0.3) is 0 Å². The van der Waals surface area contributed by atoms with E-state index in [1.54, 1.807) is 0 Å². The Morgan fingerprint density at radius 2 is 1.93 bits per heavy atom. The van der Waals surface area contributed by atoms with Crippen molar-refractivity contribution in [1.82, 2.24) is 0 Å². The fourth-order valence-electron chi connectivity index (χ4n) is 1.99. The molecule has 15 heavy (non-hydrogen) atoms. The second-order valence-electron chi connectivity index (χ2n) is 4.05. The quantitative estimate of drug-likeness (QED) is 0.660. The summed E-state index contributed by atoms with van der Waals surface area (Å²) in [6, 6.07) is 0. The van der Waals surface area contributed by atoms with E-state index in [-0.39, 0.29) is 18.2 Å². The van der Waals surface area contributed by atoms with Gasteiger partial charge in [0.2, 0.25) is 0 Å². The Morgan fingerprint density at radius 1 is 1.27 bits per heavy atom. The van der Waals surface area contributed by atoms with Gasteiger partial charge in [-0.25, -0.2) is 4.79 Å². The van der Waals surface area contributed by atoms with Gasteiger partial charge in [0, 0.05) is 0 Å². The fraction of sp³-hybridized carbons (Fsp3) is 0.917. The third-order valence-electron chi connectivity index (χ3n) is 2.83. The smallest absolute Gasteiger partial charge is 0.335 e. The van der Waals surface area contributed by atoms with Crippen LogP contribution in [0.1, 0.15) is 52.4 Å². The van der Waals surface area contributed by atoms with Gasteiger partial charge in [0.25, 0.3) is 0 Å². The standard InChI is InChI=1S/C12H22O3/c1-3-11(12(13)14-4-2)15-10-8-6-5-7-9-10/h10-11H,3-9H2,1-2H3. The van der Waals surface area contributed by atoms with Crippen molar-refractivity contribution in [1.29, 1.82) is 0 Å². The van der Waals surface area contributed by atoms with E-state index in [4.69, 9.17) is 9.47 Å². The van der Waals surface area contributed by atoms with E-state index in [1.165, 1.54) is 19.3 Å². The van der Waals surface area contributed by atoms with Gasteiger partial charge in [-0.05, 0) is 26.2 Å². The molecule has 1 unspecified atom stereocenters. The van der Waals surface area contributed by atoms with Gasteiger partial charge in [0.15, 0.2) is 6.10 Å². The lowest BCUT2D eigenvalue weighted by Gasteiger charge is -2.25. The number of hydrogen-bond acceptors (Lipinski definition) is 3. The van der Waals surface area contributed by atoms with Crippen LogP contribution in [-0.2, 0) is 14.3 Å². The zero-order valence-corrected chi connectivity index (χ0v) is 9.83. The van der Waals surface area contributed by atoms with Gasteiger partial charge in [-0.15, -0.1) is 0 Å². The molecule has 0 aromatic rings. The van der Waals surface area contributed by atoms with Crippen molar-refractivity contribution in [3.63, 3.8) is 0 Å². The molecule has 1 rings (SSSR count).